The highest BCUT2D eigenvalue weighted by Crippen LogP contribution is 2.30. The van der Waals surface area contributed by atoms with Gasteiger partial charge in [0.15, 0.2) is 0 Å². The minimum atomic E-state index is -0.252. The van der Waals surface area contributed by atoms with Gasteiger partial charge in [0, 0.05) is 34.3 Å². The van der Waals surface area contributed by atoms with Crippen LogP contribution in [0, 0.1) is 5.82 Å². The number of halogens is 1. The second kappa shape index (κ2) is 6.95. The molecule has 0 bridgehead atoms. The predicted octanol–water partition coefficient (Wildman–Crippen LogP) is 3.61. The number of hydrogen-bond donors (Lipinski definition) is 2. The van der Waals surface area contributed by atoms with Crippen LogP contribution < -0.4 is 14.8 Å². The van der Waals surface area contributed by atoms with E-state index in [0.717, 1.165) is 35.0 Å². The van der Waals surface area contributed by atoms with Crippen molar-refractivity contribution in [2.24, 2.45) is 0 Å². The van der Waals surface area contributed by atoms with Crippen LogP contribution in [-0.2, 0) is 12.8 Å². The van der Waals surface area contributed by atoms with Crippen LogP contribution >= 0.6 is 0 Å². The minimum absolute atomic E-state index is 0.0197. The van der Waals surface area contributed by atoms with E-state index >= 15 is 0 Å². The van der Waals surface area contributed by atoms with E-state index in [1.165, 1.54) is 12.1 Å². The van der Waals surface area contributed by atoms with Gasteiger partial charge in [-0.1, -0.05) is 0 Å². The number of nitrogens with one attached hydrogen (secondary N) is 2. The van der Waals surface area contributed by atoms with E-state index in [1.54, 1.807) is 38.5 Å². The molecule has 1 atom stereocenters. The normalized spacial score (nSPS) is 16.0. The maximum Gasteiger partial charge on any atom is 0.251 e. The number of amides is 1. The Bertz CT molecular complexity index is 990. The van der Waals surface area contributed by atoms with E-state index in [4.69, 9.17) is 9.47 Å². The molecule has 1 unspecified atom stereocenters. The largest absolute Gasteiger partial charge is 0.497 e. The molecule has 2 N–H and O–H groups in total. The van der Waals surface area contributed by atoms with Crippen molar-refractivity contribution in [1.29, 1.82) is 0 Å². The quantitative estimate of drug-likeness (QED) is 0.739. The van der Waals surface area contributed by atoms with Gasteiger partial charge in [0.2, 0.25) is 0 Å². The fourth-order valence-electron chi connectivity index (χ4n) is 3.73. The van der Waals surface area contributed by atoms with Crippen LogP contribution in [0.3, 0.4) is 0 Å². The molecule has 5 nitrogen and oxygen atoms in total. The summed E-state index contributed by atoms with van der Waals surface area (Å²) in [6.45, 7) is 0. The smallest absolute Gasteiger partial charge is 0.251 e. The zero-order valence-electron chi connectivity index (χ0n) is 15.3. The standard InChI is InChI=1S/C21H21FN2O3/c1-26-15-7-12(8-16(11-15)27-2)21(25)23-14-4-6-19-18(10-14)17-5-3-13(22)9-20(17)24-19/h3,5,7-9,11,14,24H,4,6,10H2,1-2H3,(H,23,25). The molecule has 0 aliphatic heterocycles. The Hall–Kier alpha value is -3.02. The SMILES string of the molecule is COc1cc(OC)cc(C(=O)NC2CCc3[nH]c4cc(F)ccc4c3C2)c1. The molecule has 0 spiro atoms. The van der Waals surface area contributed by atoms with Crippen LogP contribution in [0.2, 0.25) is 0 Å². The monoisotopic (exact) mass is 368 g/mol. The number of hydrogen-bond acceptors (Lipinski definition) is 3. The van der Waals surface area contributed by atoms with E-state index in [-0.39, 0.29) is 17.8 Å². The summed E-state index contributed by atoms with van der Waals surface area (Å²) in [5, 5.41) is 4.13. The first-order valence-electron chi connectivity index (χ1n) is 8.90. The molecule has 1 heterocycles. The highest BCUT2D eigenvalue weighted by Gasteiger charge is 2.24. The van der Waals surface area contributed by atoms with Crippen LogP contribution in [0.25, 0.3) is 10.9 Å². The van der Waals surface area contributed by atoms with E-state index in [1.807, 2.05) is 0 Å². The average molecular weight is 368 g/mol. The lowest BCUT2D eigenvalue weighted by atomic mass is 9.91. The first-order valence-corrected chi connectivity index (χ1v) is 8.90. The molecule has 1 aliphatic carbocycles. The maximum absolute atomic E-state index is 13.5. The van der Waals surface area contributed by atoms with Crippen LogP contribution in [0.5, 0.6) is 11.5 Å². The van der Waals surface area contributed by atoms with Crippen LogP contribution in [-0.4, -0.2) is 31.2 Å². The van der Waals surface area contributed by atoms with Crippen LogP contribution in [0.4, 0.5) is 4.39 Å². The molecule has 2 aromatic carbocycles. The Kier molecular flexibility index (Phi) is 4.48. The first kappa shape index (κ1) is 17.4. The molecular weight excluding hydrogens is 347 g/mol. The summed E-state index contributed by atoms with van der Waals surface area (Å²) < 4.78 is 23.9. The van der Waals surface area contributed by atoms with Gasteiger partial charge in [-0.2, -0.15) is 0 Å². The minimum Gasteiger partial charge on any atom is -0.497 e. The third-order valence-electron chi connectivity index (χ3n) is 5.10. The molecular formula is C21H21FN2O3. The van der Waals surface area contributed by atoms with Gasteiger partial charge in [0.25, 0.3) is 5.91 Å². The third-order valence-corrected chi connectivity index (χ3v) is 5.10. The van der Waals surface area contributed by atoms with Crippen molar-refractivity contribution in [3.05, 3.63) is 59.0 Å². The third kappa shape index (κ3) is 3.35. The predicted molar refractivity (Wildman–Crippen MR) is 101 cm³/mol. The first-order chi connectivity index (χ1) is 13.1. The van der Waals surface area contributed by atoms with Gasteiger partial charge in [-0.15, -0.1) is 0 Å². The summed E-state index contributed by atoms with van der Waals surface area (Å²) in [4.78, 5) is 16.0. The number of carbonyl (C=O) groups excluding carboxylic acids is 1. The fraction of sp³-hybridized carbons (Fsp3) is 0.286. The second-order valence-corrected chi connectivity index (χ2v) is 6.79. The number of ether oxygens (including phenoxy) is 2. The number of aromatic amines is 1. The van der Waals surface area contributed by atoms with Crippen molar-refractivity contribution in [3.8, 4) is 11.5 Å². The molecule has 3 aromatic rings. The number of benzene rings is 2. The lowest BCUT2D eigenvalue weighted by Crippen LogP contribution is -2.38. The topological polar surface area (TPSA) is 63.4 Å². The fourth-order valence-corrected chi connectivity index (χ4v) is 3.73. The molecule has 6 heteroatoms. The number of fused-ring (bicyclic) bond motifs is 3. The maximum atomic E-state index is 13.5. The van der Waals surface area contributed by atoms with Gasteiger partial charge in [-0.05, 0) is 55.2 Å². The number of methoxy groups -OCH3 is 2. The Morgan fingerprint density at radius 2 is 1.89 bits per heavy atom. The van der Waals surface area contributed by atoms with Crippen molar-refractivity contribution in [2.45, 2.75) is 25.3 Å². The molecule has 0 saturated heterocycles. The van der Waals surface area contributed by atoms with Crippen molar-refractivity contribution in [2.75, 3.05) is 14.2 Å². The summed E-state index contributed by atoms with van der Waals surface area (Å²) in [6.07, 6.45) is 2.36. The van der Waals surface area contributed by atoms with Crippen molar-refractivity contribution in [1.82, 2.24) is 10.3 Å². The summed E-state index contributed by atoms with van der Waals surface area (Å²) in [7, 11) is 3.11. The van der Waals surface area contributed by atoms with Gasteiger partial charge in [-0.3, -0.25) is 4.79 Å². The molecule has 1 aromatic heterocycles. The number of aromatic nitrogens is 1. The van der Waals surface area contributed by atoms with Crippen molar-refractivity contribution in [3.63, 3.8) is 0 Å². The Morgan fingerprint density at radius 3 is 2.59 bits per heavy atom. The second-order valence-electron chi connectivity index (χ2n) is 6.79. The summed E-state index contributed by atoms with van der Waals surface area (Å²) in [6, 6.07) is 9.93. The molecule has 0 saturated carbocycles. The highest BCUT2D eigenvalue weighted by molar-refractivity contribution is 5.95. The molecule has 27 heavy (non-hydrogen) atoms. The molecule has 4 rings (SSSR count). The molecule has 0 radical (unpaired) electrons. The number of carbonyl (C=O) groups is 1. The van der Waals surface area contributed by atoms with Crippen LogP contribution in [0.1, 0.15) is 28.0 Å². The highest BCUT2D eigenvalue weighted by atomic mass is 19.1. The van der Waals surface area contributed by atoms with Gasteiger partial charge in [0.05, 0.1) is 14.2 Å². The number of rotatable bonds is 4. The summed E-state index contributed by atoms with van der Waals surface area (Å²) in [5.74, 6) is 0.734. The zero-order valence-corrected chi connectivity index (χ0v) is 15.3. The summed E-state index contributed by atoms with van der Waals surface area (Å²) in [5.41, 5.74) is 3.59. The Balaban J connectivity index is 1.55. The van der Waals surface area contributed by atoms with Gasteiger partial charge in [-0.25, -0.2) is 4.39 Å². The summed E-state index contributed by atoms with van der Waals surface area (Å²) >= 11 is 0. The van der Waals surface area contributed by atoms with Gasteiger partial charge in [0.1, 0.15) is 17.3 Å². The molecule has 1 aliphatic rings. The molecule has 1 amide bonds. The number of aryl methyl sites for hydroxylation is 1. The number of H-pyrrole nitrogens is 1. The van der Waals surface area contributed by atoms with Gasteiger partial charge >= 0.3 is 0 Å². The average Bonchev–Trinajstić information content (AvgIpc) is 3.04. The van der Waals surface area contributed by atoms with E-state index < -0.39 is 0 Å². The van der Waals surface area contributed by atoms with E-state index in [0.29, 0.717) is 23.5 Å². The van der Waals surface area contributed by atoms with Crippen molar-refractivity contribution >= 4 is 16.8 Å². The Labute approximate surface area is 156 Å². The molecule has 140 valence electrons. The molecule has 0 fully saturated rings. The van der Waals surface area contributed by atoms with E-state index in [9.17, 15) is 9.18 Å². The van der Waals surface area contributed by atoms with Gasteiger partial charge < -0.3 is 19.8 Å². The lowest BCUT2D eigenvalue weighted by molar-refractivity contribution is 0.0933. The van der Waals surface area contributed by atoms with Crippen LogP contribution in [0.15, 0.2) is 36.4 Å². The van der Waals surface area contributed by atoms with Crippen molar-refractivity contribution < 1.29 is 18.7 Å². The lowest BCUT2D eigenvalue weighted by Gasteiger charge is -2.24. The Morgan fingerprint density at radius 1 is 1.15 bits per heavy atom. The van der Waals surface area contributed by atoms with E-state index in [2.05, 4.69) is 10.3 Å². The zero-order chi connectivity index (χ0) is 19.0.